The quantitative estimate of drug-likeness (QED) is 0.563. The second kappa shape index (κ2) is 8.00. The van der Waals surface area contributed by atoms with E-state index >= 15 is 0 Å². The largest absolute Gasteiger partial charge is 0.389 e. The summed E-state index contributed by atoms with van der Waals surface area (Å²) in [5.41, 5.74) is 6.40. The van der Waals surface area contributed by atoms with Crippen LogP contribution in [0.1, 0.15) is 25.3 Å². The minimum absolute atomic E-state index is 0.198. The first-order chi connectivity index (χ1) is 8.65. The summed E-state index contributed by atoms with van der Waals surface area (Å²) in [6.07, 6.45) is 2.17. The second-order valence-electron chi connectivity index (χ2n) is 3.95. The lowest BCUT2D eigenvalue weighted by atomic mass is 10.2. The molecular formula is C13H19FN2OS. The van der Waals surface area contributed by atoms with E-state index in [0.29, 0.717) is 24.4 Å². The summed E-state index contributed by atoms with van der Waals surface area (Å²) in [5.74, 6) is -0.353. The molecule has 18 heavy (non-hydrogen) atoms. The van der Waals surface area contributed by atoms with Crippen LogP contribution in [0.3, 0.4) is 0 Å². The molecule has 3 nitrogen and oxygen atoms in total. The average molecular weight is 270 g/mol. The van der Waals surface area contributed by atoms with Gasteiger partial charge in [-0.3, -0.25) is 0 Å². The van der Waals surface area contributed by atoms with E-state index in [1.807, 2.05) is 0 Å². The fourth-order valence-corrected chi connectivity index (χ4v) is 1.55. The Hall–Kier alpha value is -1.20. The van der Waals surface area contributed by atoms with Crippen LogP contribution in [0.2, 0.25) is 0 Å². The van der Waals surface area contributed by atoms with Crippen molar-refractivity contribution in [1.82, 2.24) is 0 Å². The van der Waals surface area contributed by atoms with Crippen LogP contribution in [-0.2, 0) is 4.74 Å². The Morgan fingerprint density at radius 2 is 2.22 bits per heavy atom. The second-order valence-corrected chi connectivity index (χ2v) is 4.39. The van der Waals surface area contributed by atoms with E-state index in [2.05, 4.69) is 12.2 Å². The predicted octanol–water partition coefficient (Wildman–Crippen LogP) is 2.69. The number of hydrogen-bond donors (Lipinski definition) is 2. The average Bonchev–Trinajstić information content (AvgIpc) is 2.35. The van der Waals surface area contributed by atoms with Gasteiger partial charge in [-0.15, -0.1) is 0 Å². The number of ether oxygens (including phenoxy) is 1. The number of halogens is 1. The van der Waals surface area contributed by atoms with Gasteiger partial charge < -0.3 is 15.8 Å². The molecule has 0 unspecified atom stereocenters. The van der Waals surface area contributed by atoms with Crippen LogP contribution in [0.4, 0.5) is 10.1 Å². The fourth-order valence-electron chi connectivity index (χ4n) is 1.42. The van der Waals surface area contributed by atoms with Crippen LogP contribution < -0.4 is 11.1 Å². The zero-order chi connectivity index (χ0) is 13.4. The number of rotatable bonds is 8. The molecule has 0 aromatic heterocycles. The van der Waals surface area contributed by atoms with Crippen molar-refractivity contribution < 1.29 is 9.13 Å². The molecule has 1 aromatic rings. The lowest BCUT2D eigenvalue weighted by Crippen LogP contribution is -2.13. The topological polar surface area (TPSA) is 47.3 Å². The summed E-state index contributed by atoms with van der Waals surface area (Å²) in [4.78, 5) is 0.198. The van der Waals surface area contributed by atoms with Crippen LogP contribution >= 0.6 is 12.2 Å². The third-order valence-corrected chi connectivity index (χ3v) is 2.69. The van der Waals surface area contributed by atoms with Crippen molar-refractivity contribution in [1.29, 1.82) is 0 Å². The maximum atomic E-state index is 13.6. The number of nitrogens with two attached hydrogens (primary N) is 1. The molecule has 0 aliphatic heterocycles. The molecule has 0 aliphatic rings. The highest BCUT2D eigenvalue weighted by Crippen LogP contribution is 2.15. The van der Waals surface area contributed by atoms with Crippen LogP contribution in [-0.4, -0.2) is 24.7 Å². The molecule has 0 bridgehead atoms. The molecule has 0 aliphatic carbocycles. The normalized spacial score (nSPS) is 10.3. The first kappa shape index (κ1) is 14.9. The van der Waals surface area contributed by atoms with Gasteiger partial charge >= 0.3 is 0 Å². The molecule has 0 radical (unpaired) electrons. The van der Waals surface area contributed by atoms with Gasteiger partial charge in [0, 0.05) is 18.7 Å². The third kappa shape index (κ3) is 4.98. The molecule has 0 saturated heterocycles. The zero-order valence-electron chi connectivity index (χ0n) is 10.5. The standard InChI is InChI=1S/C13H19FN2OS/c1-2-3-7-17-8-6-16-12-5-4-10(13(15)18)9-11(12)14/h4-5,9,16H,2-3,6-8H2,1H3,(H2,15,18). The molecule has 1 rings (SSSR count). The monoisotopic (exact) mass is 270 g/mol. The van der Waals surface area contributed by atoms with Gasteiger partial charge in [-0.1, -0.05) is 25.6 Å². The summed E-state index contributed by atoms with van der Waals surface area (Å²) >= 11 is 4.78. The molecule has 5 heteroatoms. The van der Waals surface area contributed by atoms with Crippen molar-refractivity contribution in [2.24, 2.45) is 5.73 Å². The fraction of sp³-hybridized carbons (Fsp3) is 0.462. The highest BCUT2D eigenvalue weighted by atomic mass is 32.1. The van der Waals surface area contributed by atoms with E-state index in [1.54, 1.807) is 12.1 Å². The van der Waals surface area contributed by atoms with Gasteiger partial charge in [-0.25, -0.2) is 4.39 Å². The van der Waals surface area contributed by atoms with E-state index in [1.165, 1.54) is 6.07 Å². The number of unbranched alkanes of at least 4 members (excludes halogenated alkanes) is 1. The Kier molecular flexibility index (Phi) is 6.60. The number of hydrogen-bond acceptors (Lipinski definition) is 3. The Labute approximate surface area is 113 Å². The van der Waals surface area contributed by atoms with Crippen LogP contribution in [0.25, 0.3) is 0 Å². The van der Waals surface area contributed by atoms with E-state index < -0.39 is 0 Å². The first-order valence-corrected chi connectivity index (χ1v) is 6.47. The van der Waals surface area contributed by atoms with Gasteiger partial charge in [-0.05, 0) is 24.6 Å². The van der Waals surface area contributed by atoms with Crippen LogP contribution in [0.15, 0.2) is 18.2 Å². The maximum absolute atomic E-state index is 13.6. The van der Waals surface area contributed by atoms with Crippen molar-refractivity contribution in [3.63, 3.8) is 0 Å². The molecule has 0 spiro atoms. The van der Waals surface area contributed by atoms with E-state index in [0.717, 1.165) is 19.4 Å². The van der Waals surface area contributed by atoms with Crippen molar-refractivity contribution in [3.05, 3.63) is 29.6 Å². The lowest BCUT2D eigenvalue weighted by Gasteiger charge is -2.09. The molecule has 0 amide bonds. The van der Waals surface area contributed by atoms with Gasteiger partial charge in [0.15, 0.2) is 0 Å². The SMILES string of the molecule is CCCCOCCNc1ccc(C(N)=S)cc1F. The molecule has 0 atom stereocenters. The summed E-state index contributed by atoms with van der Waals surface area (Å²) in [7, 11) is 0. The third-order valence-electron chi connectivity index (χ3n) is 2.46. The van der Waals surface area contributed by atoms with Gasteiger partial charge in [0.05, 0.1) is 12.3 Å². The number of nitrogens with one attached hydrogen (secondary N) is 1. The molecule has 0 saturated carbocycles. The maximum Gasteiger partial charge on any atom is 0.146 e. The Morgan fingerprint density at radius 3 is 2.83 bits per heavy atom. The predicted molar refractivity (Wildman–Crippen MR) is 76.5 cm³/mol. The van der Waals surface area contributed by atoms with Gasteiger partial charge in [0.1, 0.15) is 10.8 Å². The highest BCUT2D eigenvalue weighted by molar-refractivity contribution is 7.80. The van der Waals surface area contributed by atoms with Crippen molar-refractivity contribution in [2.45, 2.75) is 19.8 Å². The highest BCUT2D eigenvalue weighted by Gasteiger charge is 2.04. The molecule has 3 N–H and O–H groups in total. The van der Waals surface area contributed by atoms with Crippen molar-refractivity contribution in [3.8, 4) is 0 Å². The van der Waals surface area contributed by atoms with Crippen LogP contribution in [0.5, 0.6) is 0 Å². The minimum Gasteiger partial charge on any atom is -0.389 e. The minimum atomic E-state index is -0.353. The van der Waals surface area contributed by atoms with Gasteiger partial charge in [0.2, 0.25) is 0 Å². The van der Waals surface area contributed by atoms with E-state index in [-0.39, 0.29) is 10.8 Å². The zero-order valence-corrected chi connectivity index (χ0v) is 11.4. The molecule has 0 heterocycles. The molecule has 1 aromatic carbocycles. The smallest absolute Gasteiger partial charge is 0.146 e. The summed E-state index contributed by atoms with van der Waals surface area (Å²) in [5, 5.41) is 2.97. The summed E-state index contributed by atoms with van der Waals surface area (Å²) < 4.78 is 19.0. The van der Waals surface area contributed by atoms with Gasteiger partial charge in [-0.2, -0.15) is 0 Å². The van der Waals surface area contributed by atoms with Crippen LogP contribution in [0, 0.1) is 5.82 Å². The first-order valence-electron chi connectivity index (χ1n) is 6.06. The number of anilines is 1. The summed E-state index contributed by atoms with van der Waals surface area (Å²) in [6, 6.07) is 4.67. The molecular weight excluding hydrogens is 251 g/mol. The number of benzene rings is 1. The van der Waals surface area contributed by atoms with Crippen molar-refractivity contribution >= 4 is 22.9 Å². The van der Waals surface area contributed by atoms with E-state index in [9.17, 15) is 4.39 Å². The molecule has 100 valence electrons. The number of thiocarbonyl (C=S) groups is 1. The van der Waals surface area contributed by atoms with E-state index in [4.69, 9.17) is 22.7 Å². The Balaban J connectivity index is 2.36. The Bertz CT molecular complexity index is 399. The van der Waals surface area contributed by atoms with Crippen molar-refractivity contribution in [2.75, 3.05) is 25.1 Å². The Morgan fingerprint density at radius 1 is 1.44 bits per heavy atom. The molecule has 0 fully saturated rings. The van der Waals surface area contributed by atoms with Gasteiger partial charge in [0.25, 0.3) is 0 Å². The lowest BCUT2D eigenvalue weighted by molar-refractivity contribution is 0.141. The summed E-state index contributed by atoms with van der Waals surface area (Å²) in [6.45, 7) is 4.00.